The number of carbonyl (C=O) groups excluding carboxylic acids is 1. The second kappa shape index (κ2) is 12.0. The summed E-state index contributed by atoms with van der Waals surface area (Å²) in [6.07, 6.45) is 1.90. The first-order valence-corrected chi connectivity index (χ1v) is 10.5. The van der Waals surface area contributed by atoms with Gasteiger partial charge in [-0.2, -0.15) is 0 Å². The molecule has 2 aromatic rings. The fourth-order valence-corrected chi connectivity index (χ4v) is 2.75. The molecule has 0 aromatic heterocycles. The third kappa shape index (κ3) is 7.22. The van der Waals surface area contributed by atoms with Crippen LogP contribution in [0.4, 0.5) is 0 Å². The van der Waals surface area contributed by atoms with Crippen LogP contribution in [0.1, 0.15) is 49.5 Å². The van der Waals surface area contributed by atoms with Crippen LogP contribution in [0.25, 0.3) is 0 Å². The van der Waals surface area contributed by atoms with Crippen LogP contribution in [0.5, 0.6) is 17.2 Å². The molecule has 1 atom stereocenters. The van der Waals surface area contributed by atoms with Crippen LogP contribution < -0.4 is 24.8 Å². The summed E-state index contributed by atoms with van der Waals surface area (Å²) in [4.78, 5) is 12.5. The highest BCUT2D eigenvalue weighted by Gasteiger charge is 2.11. The van der Waals surface area contributed by atoms with E-state index in [1.54, 1.807) is 25.3 Å². The van der Waals surface area contributed by atoms with Gasteiger partial charge < -0.3 is 19.5 Å². The normalized spacial score (nSPS) is 11.3. The number of benzene rings is 2. The van der Waals surface area contributed by atoms with Crippen molar-refractivity contribution in [3.8, 4) is 17.2 Å². The Morgan fingerprint density at radius 2 is 1.93 bits per heavy atom. The van der Waals surface area contributed by atoms with Crippen molar-refractivity contribution in [2.24, 2.45) is 0 Å². The van der Waals surface area contributed by atoms with E-state index in [1.165, 1.54) is 0 Å². The summed E-state index contributed by atoms with van der Waals surface area (Å²) in [6, 6.07) is 12.7. The summed E-state index contributed by atoms with van der Waals surface area (Å²) in [7, 11) is 1.61. The lowest BCUT2D eigenvalue weighted by Gasteiger charge is -2.14. The van der Waals surface area contributed by atoms with Crippen LogP contribution >= 0.6 is 12.2 Å². The summed E-state index contributed by atoms with van der Waals surface area (Å²) in [6.45, 7) is 7.17. The maximum Gasteiger partial charge on any atom is 0.257 e. The predicted molar refractivity (Wildman–Crippen MR) is 123 cm³/mol. The molecule has 0 heterocycles. The molecule has 0 fully saturated rings. The van der Waals surface area contributed by atoms with Gasteiger partial charge in [0, 0.05) is 12.1 Å². The fraction of sp³-hybridized carbons (Fsp3) is 0.391. The van der Waals surface area contributed by atoms with Crippen molar-refractivity contribution in [3.63, 3.8) is 0 Å². The first-order valence-electron chi connectivity index (χ1n) is 10.1. The summed E-state index contributed by atoms with van der Waals surface area (Å²) in [5.41, 5.74) is 1.44. The average molecular weight is 431 g/mol. The van der Waals surface area contributed by atoms with Crippen LogP contribution in [-0.4, -0.2) is 30.8 Å². The van der Waals surface area contributed by atoms with E-state index in [0.29, 0.717) is 36.0 Å². The van der Waals surface area contributed by atoms with E-state index in [2.05, 4.69) is 17.6 Å². The minimum Gasteiger partial charge on any atom is -0.493 e. The van der Waals surface area contributed by atoms with E-state index in [4.69, 9.17) is 26.4 Å². The number of ether oxygens (including phenoxy) is 3. The second-order valence-electron chi connectivity index (χ2n) is 6.84. The summed E-state index contributed by atoms with van der Waals surface area (Å²) in [5, 5.41) is 5.99. The molecular weight excluding hydrogens is 400 g/mol. The average Bonchev–Trinajstić information content (AvgIpc) is 2.76. The van der Waals surface area contributed by atoms with Gasteiger partial charge in [-0.25, -0.2) is 0 Å². The van der Waals surface area contributed by atoms with Crippen molar-refractivity contribution < 1.29 is 19.0 Å². The van der Waals surface area contributed by atoms with Crippen molar-refractivity contribution >= 4 is 23.2 Å². The molecule has 7 heteroatoms. The van der Waals surface area contributed by atoms with Crippen LogP contribution in [0.3, 0.4) is 0 Å². The molecule has 0 bridgehead atoms. The molecule has 2 aromatic carbocycles. The highest BCUT2D eigenvalue weighted by molar-refractivity contribution is 7.80. The molecule has 30 heavy (non-hydrogen) atoms. The van der Waals surface area contributed by atoms with Crippen LogP contribution in [0.15, 0.2) is 42.5 Å². The van der Waals surface area contributed by atoms with Gasteiger partial charge in [-0.1, -0.05) is 26.0 Å². The van der Waals surface area contributed by atoms with E-state index in [9.17, 15) is 4.79 Å². The number of methoxy groups -OCH3 is 1. The number of rotatable bonds is 10. The zero-order valence-corrected chi connectivity index (χ0v) is 18.8. The van der Waals surface area contributed by atoms with Crippen molar-refractivity contribution in [2.45, 2.75) is 46.3 Å². The Morgan fingerprint density at radius 3 is 2.63 bits per heavy atom. The van der Waals surface area contributed by atoms with Crippen molar-refractivity contribution in [3.05, 3.63) is 53.6 Å². The first kappa shape index (κ1) is 23.5. The molecule has 0 aliphatic rings. The maximum absolute atomic E-state index is 12.5. The van der Waals surface area contributed by atoms with Gasteiger partial charge in [-0.05, 0) is 67.9 Å². The lowest BCUT2D eigenvalue weighted by molar-refractivity contribution is 0.0975. The lowest BCUT2D eigenvalue weighted by Crippen LogP contribution is -2.38. The Labute approximate surface area is 183 Å². The second-order valence-corrected chi connectivity index (χ2v) is 7.24. The molecule has 0 aliphatic heterocycles. The molecule has 0 aliphatic carbocycles. The minimum atomic E-state index is -0.289. The molecule has 1 amide bonds. The monoisotopic (exact) mass is 430 g/mol. The highest BCUT2D eigenvalue weighted by atomic mass is 32.1. The van der Waals surface area contributed by atoms with Gasteiger partial charge >= 0.3 is 0 Å². The molecule has 0 spiro atoms. The van der Waals surface area contributed by atoms with Gasteiger partial charge in [0.25, 0.3) is 5.91 Å². The zero-order chi connectivity index (χ0) is 21.9. The highest BCUT2D eigenvalue weighted by Crippen LogP contribution is 2.28. The number of amides is 1. The van der Waals surface area contributed by atoms with Gasteiger partial charge in [0.15, 0.2) is 16.6 Å². The van der Waals surface area contributed by atoms with Crippen molar-refractivity contribution in [2.75, 3.05) is 13.7 Å². The molecule has 0 saturated heterocycles. The smallest absolute Gasteiger partial charge is 0.257 e. The Hall–Kier alpha value is -2.80. The van der Waals surface area contributed by atoms with Crippen LogP contribution in [0.2, 0.25) is 0 Å². The van der Waals surface area contributed by atoms with Gasteiger partial charge in [-0.3, -0.25) is 10.1 Å². The van der Waals surface area contributed by atoms with Crippen molar-refractivity contribution in [1.29, 1.82) is 0 Å². The van der Waals surface area contributed by atoms with Crippen LogP contribution in [-0.2, 0) is 6.54 Å². The number of nitrogens with one attached hydrogen (secondary N) is 2. The Balaban J connectivity index is 1.91. The molecule has 6 nitrogen and oxygen atoms in total. The first-order chi connectivity index (χ1) is 14.5. The standard InChI is InChI=1S/C23H30N2O4S/c1-5-12-28-20-11-10-17(13-21(20)27-4)15-24-23(30)25-22(26)18-8-7-9-19(14-18)29-16(3)6-2/h7-11,13-14,16H,5-6,12,15H2,1-4H3,(H2,24,25,26,30). The van der Waals surface area contributed by atoms with E-state index in [0.717, 1.165) is 18.4 Å². The van der Waals surface area contributed by atoms with E-state index in [1.807, 2.05) is 38.1 Å². The number of hydrogen-bond donors (Lipinski definition) is 2. The largest absolute Gasteiger partial charge is 0.493 e. The van der Waals surface area contributed by atoms with Gasteiger partial charge in [0.2, 0.25) is 0 Å². The lowest BCUT2D eigenvalue weighted by atomic mass is 10.2. The number of hydrogen-bond acceptors (Lipinski definition) is 5. The fourth-order valence-electron chi connectivity index (χ4n) is 2.58. The third-order valence-electron chi connectivity index (χ3n) is 4.38. The maximum atomic E-state index is 12.5. The van der Waals surface area contributed by atoms with Gasteiger partial charge in [0.05, 0.1) is 19.8 Å². The molecule has 0 saturated carbocycles. The number of carbonyl (C=O) groups is 1. The molecule has 1 unspecified atom stereocenters. The molecular formula is C23H30N2O4S. The SMILES string of the molecule is CCCOc1ccc(CNC(=S)NC(=O)c2cccc(OC(C)CC)c2)cc1OC. The Kier molecular flexibility index (Phi) is 9.41. The van der Waals surface area contributed by atoms with Crippen LogP contribution in [0, 0.1) is 0 Å². The quantitative estimate of drug-likeness (QED) is 0.542. The summed E-state index contributed by atoms with van der Waals surface area (Å²) < 4.78 is 16.8. The molecule has 2 N–H and O–H groups in total. The topological polar surface area (TPSA) is 68.8 Å². The molecule has 2 rings (SSSR count). The zero-order valence-electron chi connectivity index (χ0n) is 18.0. The van der Waals surface area contributed by atoms with Crippen molar-refractivity contribution in [1.82, 2.24) is 10.6 Å². The molecule has 162 valence electrons. The van der Waals surface area contributed by atoms with Gasteiger partial charge in [-0.15, -0.1) is 0 Å². The molecule has 0 radical (unpaired) electrons. The summed E-state index contributed by atoms with van der Waals surface area (Å²) >= 11 is 5.27. The Bertz CT molecular complexity index is 857. The third-order valence-corrected chi connectivity index (χ3v) is 4.62. The minimum absolute atomic E-state index is 0.0850. The van der Waals surface area contributed by atoms with E-state index < -0.39 is 0 Å². The van der Waals surface area contributed by atoms with E-state index >= 15 is 0 Å². The van der Waals surface area contributed by atoms with Gasteiger partial charge in [0.1, 0.15) is 5.75 Å². The summed E-state index contributed by atoms with van der Waals surface area (Å²) in [5.74, 6) is 1.74. The van der Waals surface area contributed by atoms with E-state index in [-0.39, 0.29) is 17.1 Å². The predicted octanol–water partition coefficient (Wildman–Crippen LogP) is 4.47. The number of thiocarbonyl (C=S) groups is 1. The Morgan fingerprint density at radius 1 is 1.13 bits per heavy atom.